The average Bonchev–Trinajstić information content (AvgIpc) is 2.82. The van der Waals surface area contributed by atoms with Gasteiger partial charge < -0.3 is 19.1 Å². The molecule has 0 fully saturated rings. The Kier molecular flexibility index (Phi) is 5.31. The molecule has 0 aliphatic rings. The second-order valence-electron chi connectivity index (χ2n) is 4.57. The summed E-state index contributed by atoms with van der Waals surface area (Å²) < 4.78 is 12.9. The number of fused-ring (bicyclic) bond motifs is 1. The molecular weight excluding hydrogens is 258 g/mol. The van der Waals surface area contributed by atoms with Gasteiger partial charge in [0, 0.05) is 19.4 Å². The number of aliphatic hydroxyl groups is 1. The van der Waals surface area contributed by atoms with Gasteiger partial charge in [0.05, 0.1) is 12.6 Å². The number of hydrogen-bond acceptors (Lipinski definition) is 5. The summed E-state index contributed by atoms with van der Waals surface area (Å²) in [5.41, 5.74) is 2.60. The molecule has 2 aromatic heterocycles. The van der Waals surface area contributed by atoms with Gasteiger partial charge in [-0.15, -0.1) is 0 Å². The fourth-order valence-corrected chi connectivity index (χ4v) is 2.13. The third-order valence-corrected chi connectivity index (χ3v) is 3.14. The van der Waals surface area contributed by atoms with E-state index in [1.807, 2.05) is 10.8 Å². The van der Waals surface area contributed by atoms with E-state index >= 15 is 0 Å². The number of unbranched alkanes of at least 4 members (excludes halogenated alkanes) is 1. The molecule has 0 aliphatic heterocycles. The summed E-state index contributed by atoms with van der Waals surface area (Å²) >= 11 is 0. The number of ether oxygens (including phenoxy) is 2. The number of methoxy groups -OCH3 is 1. The molecule has 0 spiro atoms. The van der Waals surface area contributed by atoms with Crippen LogP contribution in [0.3, 0.4) is 0 Å². The van der Waals surface area contributed by atoms with Crippen molar-refractivity contribution < 1.29 is 14.6 Å². The normalized spacial score (nSPS) is 11.2. The summed E-state index contributed by atoms with van der Waals surface area (Å²) in [6, 6.07) is 0. The Hall–Kier alpha value is -1.66. The molecule has 0 amide bonds. The fraction of sp³-hybridized carbons (Fsp3) is 0.571. The van der Waals surface area contributed by atoms with Crippen molar-refractivity contribution in [3.05, 3.63) is 18.1 Å². The molecule has 0 aromatic carbocycles. The predicted octanol–water partition coefficient (Wildman–Crippen LogP) is 1.75. The first-order chi connectivity index (χ1) is 9.81. The zero-order valence-electron chi connectivity index (χ0n) is 12.0. The lowest BCUT2D eigenvalue weighted by Gasteiger charge is -2.08. The number of nitrogens with zero attached hydrogens (tertiary/aromatic N) is 3. The first-order valence-electron chi connectivity index (χ1n) is 6.87. The van der Waals surface area contributed by atoms with E-state index in [9.17, 15) is 0 Å². The molecule has 6 nitrogen and oxygen atoms in total. The molecule has 0 aliphatic carbocycles. The van der Waals surface area contributed by atoms with Crippen LogP contribution in [0.15, 0.2) is 12.5 Å². The van der Waals surface area contributed by atoms with Gasteiger partial charge in [-0.05, 0) is 18.4 Å². The van der Waals surface area contributed by atoms with Gasteiger partial charge in [0.15, 0.2) is 0 Å². The van der Waals surface area contributed by atoms with Gasteiger partial charge >= 0.3 is 0 Å². The lowest BCUT2D eigenvalue weighted by molar-refractivity contribution is 0.0773. The summed E-state index contributed by atoms with van der Waals surface area (Å²) in [7, 11) is 1.59. The Morgan fingerprint density at radius 2 is 2.20 bits per heavy atom. The van der Waals surface area contributed by atoms with Crippen LogP contribution in [0, 0.1) is 0 Å². The summed E-state index contributed by atoms with van der Waals surface area (Å²) in [6.07, 6.45) is 6.12. The molecule has 0 saturated heterocycles. The van der Waals surface area contributed by atoms with Crippen LogP contribution in [0.5, 0.6) is 5.88 Å². The Morgan fingerprint density at radius 3 is 2.90 bits per heavy atom. The standard InChI is InChI=1S/C14H21N3O3/c1-3-4-7-20-10-17-8-11(5-6-18)12-13(17)14(19-2)16-9-15-12/h8-9,18H,3-7,10H2,1-2H3. The number of aliphatic hydroxyl groups excluding tert-OH is 1. The Balaban J connectivity index is 2.31. The van der Waals surface area contributed by atoms with Crippen molar-refractivity contribution in [1.29, 1.82) is 0 Å². The molecule has 2 aromatic rings. The summed E-state index contributed by atoms with van der Waals surface area (Å²) in [4.78, 5) is 8.43. The third kappa shape index (κ3) is 3.08. The number of aromatic nitrogens is 3. The van der Waals surface area contributed by atoms with Crippen molar-refractivity contribution in [3.63, 3.8) is 0 Å². The van der Waals surface area contributed by atoms with E-state index in [1.165, 1.54) is 6.33 Å². The third-order valence-electron chi connectivity index (χ3n) is 3.14. The molecule has 0 unspecified atom stereocenters. The van der Waals surface area contributed by atoms with Gasteiger partial charge in [-0.3, -0.25) is 0 Å². The minimum Gasteiger partial charge on any atom is -0.479 e. The topological polar surface area (TPSA) is 69.4 Å². The van der Waals surface area contributed by atoms with Gasteiger partial charge in [-0.25, -0.2) is 4.98 Å². The summed E-state index contributed by atoms with van der Waals surface area (Å²) in [5, 5.41) is 9.15. The quantitative estimate of drug-likeness (QED) is 0.745. The highest BCUT2D eigenvalue weighted by molar-refractivity contribution is 5.83. The highest BCUT2D eigenvalue weighted by Gasteiger charge is 2.14. The van der Waals surface area contributed by atoms with Gasteiger partial charge in [0.25, 0.3) is 0 Å². The Bertz CT molecular complexity index is 554. The Labute approximate surface area is 118 Å². The van der Waals surface area contributed by atoms with Crippen LogP contribution < -0.4 is 4.74 Å². The van der Waals surface area contributed by atoms with E-state index in [-0.39, 0.29) is 6.61 Å². The Morgan fingerprint density at radius 1 is 1.35 bits per heavy atom. The van der Waals surface area contributed by atoms with Crippen molar-refractivity contribution in [2.45, 2.75) is 32.9 Å². The van der Waals surface area contributed by atoms with E-state index < -0.39 is 0 Å². The molecule has 110 valence electrons. The molecule has 2 heterocycles. The predicted molar refractivity (Wildman–Crippen MR) is 75.7 cm³/mol. The lowest BCUT2D eigenvalue weighted by atomic mass is 10.2. The zero-order chi connectivity index (χ0) is 14.4. The van der Waals surface area contributed by atoms with Crippen LogP contribution in [0.25, 0.3) is 11.0 Å². The van der Waals surface area contributed by atoms with E-state index in [1.54, 1.807) is 7.11 Å². The highest BCUT2D eigenvalue weighted by Crippen LogP contribution is 2.26. The van der Waals surface area contributed by atoms with Crippen LogP contribution in [-0.2, 0) is 17.9 Å². The maximum absolute atomic E-state index is 9.15. The second kappa shape index (κ2) is 7.21. The van der Waals surface area contributed by atoms with Gasteiger partial charge in [-0.1, -0.05) is 13.3 Å². The minimum atomic E-state index is 0.0854. The molecule has 0 saturated carbocycles. The first-order valence-corrected chi connectivity index (χ1v) is 6.87. The second-order valence-corrected chi connectivity index (χ2v) is 4.57. The highest BCUT2D eigenvalue weighted by atomic mass is 16.5. The van der Waals surface area contributed by atoms with Crippen molar-refractivity contribution in [1.82, 2.24) is 14.5 Å². The van der Waals surface area contributed by atoms with Crippen LogP contribution in [0.1, 0.15) is 25.3 Å². The molecule has 0 radical (unpaired) electrons. The van der Waals surface area contributed by atoms with Crippen LogP contribution in [0.2, 0.25) is 0 Å². The maximum Gasteiger partial charge on any atom is 0.241 e. The largest absolute Gasteiger partial charge is 0.479 e. The van der Waals surface area contributed by atoms with Gasteiger partial charge in [-0.2, -0.15) is 4.98 Å². The molecule has 0 atom stereocenters. The molecule has 2 rings (SSSR count). The average molecular weight is 279 g/mol. The van der Waals surface area contributed by atoms with Crippen molar-refractivity contribution >= 4 is 11.0 Å². The van der Waals surface area contributed by atoms with E-state index in [0.29, 0.717) is 19.0 Å². The van der Waals surface area contributed by atoms with Crippen LogP contribution in [0.4, 0.5) is 0 Å². The van der Waals surface area contributed by atoms with Crippen molar-refractivity contribution in [3.8, 4) is 5.88 Å². The van der Waals surface area contributed by atoms with Crippen LogP contribution in [-0.4, -0.2) is 40.0 Å². The summed E-state index contributed by atoms with van der Waals surface area (Å²) in [6.45, 7) is 3.37. The monoisotopic (exact) mass is 279 g/mol. The van der Waals surface area contributed by atoms with Crippen LogP contribution >= 0.6 is 0 Å². The summed E-state index contributed by atoms with van der Waals surface area (Å²) in [5.74, 6) is 0.526. The van der Waals surface area contributed by atoms with Gasteiger partial charge in [0.1, 0.15) is 18.6 Å². The minimum absolute atomic E-state index is 0.0854. The SMILES string of the molecule is CCCCOCn1cc(CCO)c2ncnc(OC)c21. The number of rotatable bonds is 8. The molecule has 6 heteroatoms. The zero-order valence-corrected chi connectivity index (χ0v) is 12.0. The first kappa shape index (κ1) is 14.7. The maximum atomic E-state index is 9.15. The molecule has 0 bridgehead atoms. The van der Waals surface area contributed by atoms with E-state index in [0.717, 1.165) is 36.0 Å². The molecular formula is C14H21N3O3. The van der Waals surface area contributed by atoms with E-state index in [2.05, 4.69) is 16.9 Å². The lowest BCUT2D eigenvalue weighted by Crippen LogP contribution is -2.04. The smallest absolute Gasteiger partial charge is 0.241 e. The van der Waals surface area contributed by atoms with Gasteiger partial charge in [0.2, 0.25) is 5.88 Å². The van der Waals surface area contributed by atoms with Crippen molar-refractivity contribution in [2.24, 2.45) is 0 Å². The molecule has 20 heavy (non-hydrogen) atoms. The van der Waals surface area contributed by atoms with Crippen molar-refractivity contribution in [2.75, 3.05) is 20.3 Å². The van der Waals surface area contributed by atoms with E-state index in [4.69, 9.17) is 14.6 Å². The molecule has 1 N–H and O–H groups in total. The fourth-order valence-electron chi connectivity index (χ4n) is 2.13. The number of hydrogen-bond donors (Lipinski definition) is 1.